The van der Waals surface area contributed by atoms with Crippen molar-refractivity contribution in [2.45, 2.75) is 30.3 Å². The average molecular weight is 351 g/mol. The van der Waals surface area contributed by atoms with Crippen molar-refractivity contribution < 1.29 is 22.7 Å². The van der Waals surface area contributed by atoms with E-state index in [0.717, 1.165) is 18.4 Å². The van der Waals surface area contributed by atoms with Crippen molar-refractivity contribution in [2.24, 2.45) is 5.92 Å². The molecule has 2 N–H and O–H groups in total. The predicted molar refractivity (Wildman–Crippen MR) is 88.2 cm³/mol. The lowest BCUT2D eigenvalue weighted by atomic mass is 9.95. The summed E-state index contributed by atoms with van der Waals surface area (Å²) in [5, 5.41) is 11.0. The molecular formula is C17H21NO5S. The summed E-state index contributed by atoms with van der Waals surface area (Å²) in [5.74, 6) is 0.635. The number of aryl methyl sites for hydroxylation is 1. The van der Waals surface area contributed by atoms with Crippen LogP contribution in [0.5, 0.6) is 5.75 Å². The van der Waals surface area contributed by atoms with Gasteiger partial charge in [-0.3, -0.25) is 0 Å². The zero-order valence-electron chi connectivity index (χ0n) is 13.7. The molecule has 1 unspecified atom stereocenters. The molecule has 1 heterocycles. The van der Waals surface area contributed by atoms with Gasteiger partial charge in [0.1, 0.15) is 22.0 Å². The maximum absolute atomic E-state index is 12.7. The topological polar surface area (TPSA) is 88.8 Å². The van der Waals surface area contributed by atoms with Crippen LogP contribution in [0.2, 0.25) is 0 Å². The molecular weight excluding hydrogens is 330 g/mol. The number of hydrogen-bond donors (Lipinski definition) is 2. The van der Waals surface area contributed by atoms with Gasteiger partial charge in [0, 0.05) is 6.54 Å². The Bertz CT molecular complexity index is 812. The van der Waals surface area contributed by atoms with Crippen LogP contribution in [0, 0.1) is 12.8 Å². The Kier molecular flexibility index (Phi) is 4.42. The van der Waals surface area contributed by atoms with Crippen molar-refractivity contribution in [2.75, 3.05) is 13.7 Å². The van der Waals surface area contributed by atoms with Crippen LogP contribution in [-0.2, 0) is 15.6 Å². The Morgan fingerprint density at radius 2 is 2.12 bits per heavy atom. The zero-order chi connectivity index (χ0) is 17.4. The molecule has 2 aromatic rings. The summed E-state index contributed by atoms with van der Waals surface area (Å²) >= 11 is 0. The van der Waals surface area contributed by atoms with Crippen LogP contribution in [0.15, 0.2) is 45.9 Å². The third-order valence-corrected chi connectivity index (χ3v) is 5.76. The van der Waals surface area contributed by atoms with Crippen molar-refractivity contribution >= 4 is 10.0 Å². The maximum atomic E-state index is 12.7. The molecule has 6 nitrogen and oxygen atoms in total. The highest BCUT2D eigenvalue weighted by molar-refractivity contribution is 7.89. The van der Waals surface area contributed by atoms with E-state index >= 15 is 0 Å². The lowest BCUT2D eigenvalue weighted by Gasteiger charge is -2.26. The van der Waals surface area contributed by atoms with Crippen molar-refractivity contribution in [1.82, 2.24) is 4.72 Å². The Morgan fingerprint density at radius 3 is 2.71 bits per heavy atom. The number of furan rings is 1. The van der Waals surface area contributed by atoms with Gasteiger partial charge >= 0.3 is 0 Å². The second-order valence-corrected chi connectivity index (χ2v) is 7.89. The summed E-state index contributed by atoms with van der Waals surface area (Å²) < 4.78 is 38.4. The van der Waals surface area contributed by atoms with Crippen LogP contribution < -0.4 is 9.46 Å². The maximum Gasteiger partial charge on any atom is 0.244 e. The van der Waals surface area contributed by atoms with Crippen LogP contribution in [0.25, 0.3) is 0 Å². The molecule has 3 rings (SSSR count). The Hall–Kier alpha value is -1.83. The Morgan fingerprint density at radius 1 is 1.38 bits per heavy atom. The number of nitrogens with one attached hydrogen (secondary N) is 1. The highest BCUT2D eigenvalue weighted by Crippen LogP contribution is 2.45. The van der Waals surface area contributed by atoms with Crippen LogP contribution in [0.4, 0.5) is 0 Å². The van der Waals surface area contributed by atoms with Crippen molar-refractivity contribution in [3.63, 3.8) is 0 Å². The fraction of sp³-hybridized carbons (Fsp3) is 0.412. The van der Waals surface area contributed by atoms with Crippen LogP contribution in [0.3, 0.4) is 0 Å². The molecule has 0 aliphatic heterocycles. The molecule has 1 aromatic carbocycles. The number of sulfonamides is 1. The number of methoxy groups -OCH3 is 1. The van der Waals surface area contributed by atoms with Gasteiger partial charge in [-0.2, -0.15) is 0 Å². The van der Waals surface area contributed by atoms with Gasteiger partial charge in [0.05, 0.1) is 13.4 Å². The van der Waals surface area contributed by atoms with Gasteiger partial charge in [-0.15, -0.1) is 0 Å². The molecule has 1 aromatic heterocycles. The molecule has 1 aliphatic carbocycles. The predicted octanol–water partition coefficient (Wildman–Crippen LogP) is 2.17. The number of aliphatic hydroxyl groups is 1. The summed E-state index contributed by atoms with van der Waals surface area (Å²) in [6, 6.07) is 8.29. The molecule has 0 saturated heterocycles. The van der Waals surface area contributed by atoms with E-state index in [4.69, 9.17) is 9.15 Å². The molecule has 0 spiro atoms. The molecule has 1 atom stereocenters. The molecule has 0 bridgehead atoms. The van der Waals surface area contributed by atoms with E-state index in [1.807, 2.05) is 6.92 Å². The standard InChI is InChI=1S/C17H21NO5S/c1-12-5-8-14(22-2)15(10-12)24(20,21)18-11-17(19,13-6-7-13)16-4-3-9-23-16/h3-5,8-10,13,18-19H,6-7,11H2,1-2H3. The Labute approximate surface area is 141 Å². The van der Waals surface area contributed by atoms with E-state index in [0.29, 0.717) is 5.76 Å². The number of benzene rings is 1. The van der Waals surface area contributed by atoms with Gasteiger partial charge in [0.2, 0.25) is 10.0 Å². The first-order valence-corrected chi connectivity index (χ1v) is 9.26. The van der Waals surface area contributed by atoms with Crippen molar-refractivity contribution in [1.29, 1.82) is 0 Å². The van der Waals surface area contributed by atoms with Gasteiger partial charge in [-0.25, -0.2) is 13.1 Å². The highest BCUT2D eigenvalue weighted by atomic mass is 32.2. The largest absolute Gasteiger partial charge is 0.495 e. The summed E-state index contributed by atoms with van der Waals surface area (Å²) in [6.07, 6.45) is 3.15. The zero-order valence-corrected chi connectivity index (χ0v) is 14.5. The first-order chi connectivity index (χ1) is 11.4. The van der Waals surface area contributed by atoms with E-state index in [2.05, 4.69) is 4.72 Å². The van der Waals surface area contributed by atoms with E-state index in [9.17, 15) is 13.5 Å². The van der Waals surface area contributed by atoms with Gasteiger partial charge in [-0.05, 0) is 55.5 Å². The van der Waals surface area contributed by atoms with Gasteiger partial charge in [0.15, 0.2) is 0 Å². The molecule has 1 fully saturated rings. The van der Waals surface area contributed by atoms with E-state index < -0.39 is 15.6 Å². The highest BCUT2D eigenvalue weighted by Gasteiger charge is 2.47. The molecule has 24 heavy (non-hydrogen) atoms. The van der Waals surface area contributed by atoms with Crippen molar-refractivity contribution in [3.05, 3.63) is 47.9 Å². The fourth-order valence-corrected chi connectivity index (χ4v) is 4.12. The number of hydrogen-bond acceptors (Lipinski definition) is 5. The second kappa shape index (κ2) is 6.23. The minimum Gasteiger partial charge on any atom is -0.495 e. The second-order valence-electron chi connectivity index (χ2n) is 6.15. The molecule has 1 aliphatic rings. The average Bonchev–Trinajstić information content (AvgIpc) is 3.28. The SMILES string of the molecule is COc1ccc(C)cc1S(=O)(=O)NCC(O)(c1ccco1)C1CC1. The van der Waals surface area contributed by atoms with Crippen molar-refractivity contribution in [3.8, 4) is 5.75 Å². The first kappa shape index (κ1) is 17.0. The Balaban J connectivity index is 1.86. The minimum atomic E-state index is -3.83. The van der Waals surface area contributed by atoms with Crippen LogP contribution in [0.1, 0.15) is 24.2 Å². The summed E-state index contributed by atoms with van der Waals surface area (Å²) in [7, 11) is -2.41. The smallest absolute Gasteiger partial charge is 0.244 e. The molecule has 0 radical (unpaired) electrons. The normalized spacial score (nSPS) is 17.5. The van der Waals surface area contributed by atoms with Gasteiger partial charge in [0.25, 0.3) is 0 Å². The lowest BCUT2D eigenvalue weighted by molar-refractivity contribution is -0.00225. The minimum absolute atomic E-state index is 0.00856. The fourth-order valence-electron chi connectivity index (χ4n) is 2.80. The monoisotopic (exact) mass is 351 g/mol. The lowest BCUT2D eigenvalue weighted by Crippen LogP contribution is -2.42. The van der Waals surface area contributed by atoms with E-state index in [1.54, 1.807) is 30.3 Å². The summed E-state index contributed by atoms with van der Waals surface area (Å²) in [4.78, 5) is 0.0580. The number of ether oxygens (including phenoxy) is 1. The third kappa shape index (κ3) is 3.19. The molecule has 7 heteroatoms. The number of rotatable bonds is 7. The molecule has 0 amide bonds. The summed E-state index contributed by atoms with van der Waals surface area (Å²) in [6.45, 7) is 1.66. The van der Waals surface area contributed by atoms with E-state index in [-0.39, 0.29) is 23.1 Å². The quantitative estimate of drug-likeness (QED) is 0.798. The van der Waals surface area contributed by atoms with E-state index in [1.165, 1.54) is 13.4 Å². The summed E-state index contributed by atoms with van der Waals surface area (Å²) in [5.41, 5.74) is -0.534. The molecule has 130 valence electrons. The molecule has 1 saturated carbocycles. The van der Waals surface area contributed by atoms with Crippen LogP contribution >= 0.6 is 0 Å². The van der Waals surface area contributed by atoms with Crippen LogP contribution in [-0.4, -0.2) is 27.2 Å². The van der Waals surface area contributed by atoms with Gasteiger partial charge in [-0.1, -0.05) is 6.07 Å². The first-order valence-electron chi connectivity index (χ1n) is 7.77. The van der Waals surface area contributed by atoms with Gasteiger partial charge < -0.3 is 14.3 Å². The third-order valence-electron chi connectivity index (χ3n) is 4.34.